The second-order valence-corrected chi connectivity index (χ2v) is 5.21. The molecule has 4 heteroatoms. The summed E-state index contributed by atoms with van der Waals surface area (Å²) in [7, 11) is 1.67. The number of ether oxygens (including phenoxy) is 1. The molecule has 0 fully saturated rings. The Bertz CT molecular complexity index is 745. The number of benzene rings is 2. The van der Waals surface area contributed by atoms with E-state index in [2.05, 4.69) is 27.4 Å². The molecular formula is C19H19N3O. The smallest absolute Gasteiger partial charge is 0.161 e. The van der Waals surface area contributed by atoms with Crippen LogP contribution in [0.5, 0.6) is 0 Å². The molecule has 0 atom stereocenters. The van der Waals surface area contributed by atoms with Crippen LogP contribution in [0.25, 0.3) is 11.4 Å². The van der Waals surface area contributed by atoms with Gasteiger partial charge in [-0.1, -0.05) is 60.7 Å². The molecule has 0 aliphatic heterocycles. The first-order valence-electron chi connectivity index (χ1n) is 7.55. The molecule has 23 heavy (non-hydrogen) atoms. The average molecular weight is 305 g/mol. The van der Waals surface area contributed by atoms with Crippen LogP contribution in [0.4, 0.5) is 5.82 Å². The fourth-order valence-corrected chi connectivity index (χ4v) is 2.31. The lowest BCUT2D eigenvalue weighted by atomic mass is 10.2. The summed E-state index contributed by atoms with van der Waals surface area (Å²) in [4.78, 5) is 9.20. The predicted molar refractivity (Wildman–Crippen MR) is 91.9 cm³/mol. The Morgan fingerprint density at radius 3 is 2.30 bits per heavy atom. The second kappa shape index (κ2) is 7.51. The van der Waals surface area contributed by atoms with Gasteiger partial charge in [-0.25, -0.2) is 9.97 Å². The van der Waals surface area contributed by atoms with Crippen molar-refractivity contribution in [3.63, 3.8) is 0 Å². The lowest BCUT2D eigenvalue weighted by molar-refractivity contribution is 0.181. The van der Waals surface area contributed by atoms with E-state index in [1.165, 1.54) is 5.56 Å². The SMILES string of the molecule is COCc1cc(NCc2ccccc2)nc(-c2ccccc2)n1. The van der Waals surface area contributed by atoms with Crippen LogP contribution in [-0.2, 0) is 17.9 Å². The first kappa shape index (κ1) is 15.2. The third-order valence-electron chi connectivity index (χ3n) is 3.42. The van der Waals surface area contributed by atoms with Crippen molar-refractivity contribution < 1.29 is 4.74 Å². The van der Waals surface area contributed by atoms with E-state index in [9.17, 15) is 0 Å². The number of anilines is 1. The van der Waals surface area contributed by atoms with Gasteiger partial charge in [0.05, 0.1) is 12.3 Å². The van der Waals surface area contributed by atoms with E-state index in [-0.39, 0.29) is 0 Å². The first-order chi connectivity index (χ1) is 11.3. The summed E-state index contributed by atoms with van der Waals surface area (Å²) >= 11 is 0. The van der Waals surface area contributed by atoms with Gasteiger partial charge in [-0.3, -0.25) is 0 Å². The van der Waals surface area contributed by atoms with Gasteiger partial charge in [0.25, 0.3) is 0 Å². The van der Waals surface area contributed by atoms with Crippen molar-refractivity contribution in [2.45, 2.75) is 13.2 Å². The third-order valence-corrected chi connectivity index (χ3v) is 3.42. The molecule has 0 bridgehead atoms. The Balaban J connectivity index is 1.85. The highest BCUT2D eigenvalue weighted by molar-refractivity contribution is 5.57. The van der Waals surface area contributed by atoms with Crippen molar-refractivity contribution in [2.24, 2.45) is 0 Å². The maximum Gasteiger partial charge on any atom is 0.161 e. The summed E-state index contributed by atoms with van der Waals surface area (Å²) in [6.45, 7) is 1.18. The highest BCUT2D eigenvalue weighted by Crippen LogP contribution is 2.18. The summed E-state index contributed by atoms with van der Waals surface area (Å²) in [6.07, 6.45) is 0. The van der Waals surface area contributed by atoms with Crippen LogP contribution >= 0.6 is 0 Å². The van der Waals surface area contributed by atoms with Crippen LogP contribution in [0.1, 0.15) is 11.3 Å². The van der Waals surface area contributed by atoms with Gasteiger partial charge in [0.2, 0.25) is 0 Å². The van der Waals surface area contributed by atoms with Crippen LogP contribution in [0.15, 0.2) is 66.7 Å². The minimum Gasteiger partial charge on any atom is -0.378 e. The Morgan fingerprint density at radius 1 is 0.913 bits per heavy atom. The molecular weight excluding hydrogens is 286 g/mol. The molecule has 0 saturated carbocycles. The minimum absolute atomic E-state index is 0.461. The zero-order valence-electron chi connectivity index (χ0n) is 13.1. The quantitative estimate of drug-likeness (QED) is 0.750. The number of nitrogens with zero attached hydrogens (tertiary/aromatic N) is 2. The van der Waals surface area contributed by atoms with E-state index < -0.39 is 0 Å². The lowest BCUT2D eigenvalue weighted by Crippen LogP contribution is -2.05. The Hall–Kier alpha value is -2.72. The Labute approximate surface area is 136 Å². The fourth-order valence-electron chi connectivity index (χ4n) is 2.31. The first-order valence-corrected chi connectivity index (χ1v) is 7.55. The number of hydrogen-bond acceptors (Lipinski definition) is 4. The molecule has 0 spiro atoms. The highest BCUT2D eigenvalue weighted by Gasteiger charge is 2.07. The summed E-state index contributed by atoms with van der Waals surface area (Å²) in [5, 5.41) is 3.36. The van der Waals surface area contributed by atoms with Crippen LogP contribution < -0.4 is 5.32 Å². The zero-order chi connectivity index (χ0) is 15.9. The van der Waals surface area contributed by atoms with Gasteiger partial charge in [-0.15, -0.1) is 0 Å². The number of nitrogens with one attached hydrogen (secondary N) is 1. The third kappa shape index (κ3) is 4.14. The molecule has 0 aliphatic carbocycles. The van der Waals surface area contributed by atoms with Crippen molar-refractivity contribution in [3.05, 3.63) is 78.0 Å². The number of rotatable bonds is 6. The molecule has 1 N–H and O–H groups in total. The summed E-state index contributed by atoms with van der Waals surface area (Å²) in [6, 6.07) is 22.1. The molecule has 0 unspecified atom stereocenters. The maximum atomic E-state index is 5.22. The Kier molecular flexibility index (Phi) is 4.96. The molecule has 1 heterocycles. The molecule has 1 aromatic heterocycles. The molecule has 0 amide bonds. The van der Waals surface area contributed by atoms with Crippen LogP contribution in [-0.4, -0.2) is 17.1 Å². The average Bonchev–Trinajstić information content (AvgIpc) is 2.62. The molecule has 0 radical (unpaired) electrons. The molecule has 0 saturated heterocycles. The van der Waals surface area contributed by atoms with Crippen molar-refractivity contribution in [1.82, 2.24) is 9.97 Å². The van der Waals surface area contributed by atoms with E-state index in [1.54, 1.807) is 7.11 Å². The zero-order valence-corrected chi connectivity index (χ0v) is 13.1. The molecule has 116 valence electrons. The lowest BCUT2D eigenvalue weighted by Gasteiger charge is -2.10. The summed E-state index contributed by atoms with van der Waals surface area (Å²) in [5.41, 5.74) is 3.06. The Morgan fingerprint density at radius 2 is 1.61 bits per heavy atom. The van der Waals surface area contributed by atoms with Gasteiger partial charge >= 0.3 is 0 Å². The summed E-state index contributed by atoms with van der Waals surface area (Å²) < 4.78 is 5.22. The predicted octanol–water partition coefficient (Wildman–Crippen LogP) is 3.90. The van der Waals surface area contributed by atoms with Crippen molar-refractivity contribution >= 4 is 5.82 Å². The molecule has 3 rings (SSSR count). The van der Waals surface area contributed by atoms with E-state index in [1.807, 2.05) is 54.6 Å². The van der Waals surface area contributed by atoms with E-state index >= 15 is 0 Å². The van der Waals surface area contributed by atoms with Gasteiger partial charge in [0.1, 0.15) is 5.82 Å². The van der Waals surface area contributed by atoms with Gasteiger partial charge in [-0.2, -0.15) is 0 Å². The number of aromatic nitrogens is 2. The fraction of sp³-hybridized carbons (Fsp3) is 0.158. The van der Waals surface area contributed by atoms with Crippen LogP contribution in [0, 0.1) is 0 Å². The topological polar surface area (TPSA) is 47.0 Å². The van der Waals surface area contributed by atoms with Gasteiger partial charge in [-0.05, 0) is 5.56 Å². The number of hydrogen-bond donors (Lipinski definition) is 1. The molecule has 3 aromatic rings. The van der Waals surface area contributed by atoms with Crippen molar-refractivity contribution in [1.29, 1.82) is 0 Å². The van der Waals surface area contributed by atoms with E-state index in [0.717, 1.165) is 23.6 Å². The number of methoxy groups -OCH3 is 1. The minimum atomic E-state index is 0.461. The van der Waals surface area contributed by atoms with Gasteiger partial charge in [0, 0.05) is 25.3 Å². The maximum absolute atomic E-state index is 5.22. The molecule has 4 nitrogen and oxygen atoms in total. The summed E-state index contributed by atoms with van der Waals surface area (Å²) in [5.74, 6) is 1.51. The van der Waals surface area contributed by atoms with Crippen molar-refractivity contribution in [3.8, 4) is 11.4 Å². The normalized spacial score (nSPS) is 10.5. The van der Waals surface area contributed by atoms with E-state index in [4.69, 9.17) is 4.74 Å². The standard InChI is InChI=1S/C19H19N3O/c1-23-14-17-12-18(20-13-15-8-4-2-5-9-15)22-19(21-17)16-10-6-3-7-11-16/h2-12H,13-14H2,1H3,(H,20,21,22). The van der Waals surface area contributed by atoms with Gasteiger partial charge in [0.15, 0.2) is 5.82 Å². The van der Waals surface area contributed by atoms with E-state index in [0.29, 0.717) is 12.4 Å². The molecule has 0 aliphatic rings. The van der Waals surface area contributed by atoms with Gasteiger partial charge < -0.3 is 10.1 Å². The molecule has 2 aromatic carbocycles. The highest BCUT2D eigenvalue weighted by atomic mass is 16.5. The van der Waals surface area contributed by atoms with Crippen LogP contribution in [0.3, 0.4) is 0 Å². The monoisotopic (exact) mass is 305 g/mol. The largest absolute Gasteiger partial charge is 0.378 e. The van der Waals surface area contributed by atoms with Crippen molar-refractivity contribution in [2.75, 3.05) is 12.4 Å². The van der Waals surface area contributed by atoms with Crippen LogP contribution in [0.2, 0.25) is 0 Å². The second-order valence-electron chi connectivity index (χ2n) is 5.21.